The molecule has 0 bridgehead atoms. The molecule has 1 aromatic heterocycles. The highest BCUT2D eigenvalue weighted by Crippen LogP contribution is 2.42. The van der Waals surface area contributed by atoms with E-state index in [1.165, 1.54) is 29.6 Å². The number of carboxylic acids is 1. The number of carbonyl (C=O) groups excluding carboxylic acids is 1. The van der Waals surface area contributed by atoms with E-state index in [0.717, 1.165) is 22.7 Å². The molecule has 1 amide bonds. The largest absolute Gasteiger partial charge is 0.482 e. The average molecular weight is 491 g/mol. The minimum atomic E-state index is -1.14. The molecule has 1 unspecified atom stereocenters. The summed E-state index contributed by atoms with van der Waals surface area (Å²) in [5.74, 6) is -2.76. The van der Waals surface area contributed by atoms with Gasteiger partial charge >= 0.3 is 5.97 Å². The zero-order chi connectivity index (χ0) is 23.5. The molecule has 1 atom stereocenters. The molecule has 4 rings (SSSR count). The molecule has 0 saturated heterocycles. The van der Waals surface area contributed by atoms with E-state index in [9.17, 15) is 18.4 Å². The summed E-state index contributed by atoms with van der Waals surface area (Å²) in [6.07, 6.45) is 3.03. The van der Waals surface area contributed by atoms with Gasteiger partial charge in [0.25, 0.3) is 0 Å². The maximum absolute atomic E-state index is 14.0. The van der Waals surface area contributed by atoms with Crippen LogP contribution in [0.15, 0.2) is 48.0 Å². The second kappa shape index (κ2) is 9.68. The molecular formula is C23H17ClF2N2O4S. The summed E-state index contributed by atoms with van der Waals surface area (Å²) in [6.45, 7) is -0.240. The molecule has 10 heteroatoms. The van der Waals surface area contributed by atoms with Crippen LogP contribution >= 0.6 is 22.9 Å². The number of hydrogen-bond donors (Lipinski definition) is 1. The second-order valence-corrected chi connectivity index (χ2v) is 8.53. The van der Waals surface area contributed by atoms with Crippen molar-refractivity contribution in [2.45, 2.75) is 12.5 Å². The third kappa shape index (κ3) is 5.04. The maximum Gasteiger partial charge on any atom is 0.341 e. The average Bonchev–Trinajstić information content (AvgIpc) is 3.25. The summed E-state index contributed by atoms with van der Waals surface area (Å²) in [4.78, 5) is 31.0. The summed E-state index contributed by atoms with van der Waals surface area (Å²) in [6, 6.07) is 7.23. The van der Waals surface area contributed by atoms with E-state index in [-0.39, 0.29) is 11.3 Å². The van der Waals surface area contributed by atoms with Crippen LogP contribution in [0.3, 0.4) is 0 Å². The fourth-order valence-electron chi connectivity index (χ4n) is 3.63. The Kier molecular flexibility index (Phi) is 6.71. The highest BCUT2D eigenvalue weighted by molar-refractivity contribution is 7.09. The van der Waals surface area contributed by atoms with E-state index in [1.54, 1.807) is 28.6 Å². The van der Waals surface area contributed by atoms with Crippen LogP contribution in [0, 0.1) is 11.6 Å². The molecule has 0 saturated carbocycles. The predicted molar refractivity (Wildman–Crippen MR) is 119 cm³/mol. The van der Waals surface area contributed by atoms with Gasteiger partial charge in [0, 0.05) is 41.3 Å². The van der Waals surface area contributed by atoms with Crippen molar-refractivity contribution in [3.8, 4) is 5.75 Å². The second-order valence-electron chi connectivity index (χ2n) is 7.21. The van der Waals surface area contributed by atoms with Crippen molar-refractivity contribution in [1.82, 2.24) is 9.88 Å². The minimum absolute atomic E-state index is 0.0741. The molecule has 0 fully saturated rings. The van der Waals surface area contributed by atoms with Gasteiger partial charge in [0.2, 0.25) is 5.91 Å². The molecule has 6 nitrogen and oxygen atoms in total. The lowest BCUT2D eigenvalue weighted by Crippen LogP contribution is -2.39. The quantitative estimate of drug-likeness (QED) is 0.505. The summed E-state index contributed by atoms with van der Waals surface area (Å²) in [7, 11) is 0. The molecule has 1 aliphatic heterocycles. The third-order valence-electron chi connectivity index (χ3n) is 5.09. The normalized spacial score (nSPS) is 15.5. The lowest BCUT2D eigenvalue weighted by Gasteiger charge is -2.35. The molecule has 170 valence electrons. The number of thiazole rings is 1. The zero-order valence-electron chi connectivity index (χ0n) is 17.0. The van der Waals surface area contributed by atoms with Crippen LogP contribution in [0.25, 0.3) is 6.08 Å². The van der Waals surface area contributed by atoms with E-state index in [2.05, 4.69) is 4.98 Å². The number of rotatable bonds is 6. The minimum Gasteiger partial charge on any atom is -0.482 e. The van der Waals surface area contributed by atoms with Crippen LogP contribution in [-0.2, 0) is 16.0 Å². The molecule has 0 spiro atoms. The Hall–Kier alpha value is -3.30. The molecule has 2 heterocycles. The van der Waals surface area contributed by atoms with Crippen LogP contribution in [0.4, 0.5) is 8.78 Å². The maximum atomic E-state index is 14.0. The monoisotopic (exact) mass is 490 g/mol. The molecule has 33 heavy (non-hydrogen) atoms. The number of aliphatic carboxylic acids is 1. The van der Waals surface area contributed by atoms with Gasteiger partial charge in [0.15, 0.2) is 6.61 Å². The van der Waals surface area contributed by atoms with Crippen molar-refractivity contribution in [2.24, 2.45) is 0 Å². The van der Waals surface area contributed by atoms with E-state index in [4.69, 9.17) is 21.4 Å². The third-order valence-corrected chi connectivity index (χ3v) is 6.25. The summed E-state index contributed by atoms with van der Waals surface area (Å²) in [5.41, 5.74) is 3.10. The van der Waals surface area contributed by atoms with Gasteiger partial charge in [-0.2, -0.15) is 0 Å². The number of aromatic nitrogens is 1. The van der Waals surface area contributed by atoms with Gasteiger partial charge < -0.3 is 14.7 Å². The van der Waals surface area contributed by atoms with Gasteiger partial charge in [-0.25, -0.2) is 18.6 Å². The summed E-state index contributed by atoms with van der Waals surface area (Å²) in [5, 5.41) is 9.42. The van der Waals surface area contributed by atoms with Gasteiger partial charge in [-0.15, -0.1) is 11.3 Å². The van der Waals surface area contributed by atoms with Crippen LogP contribution in [0.5, 0.6) is 5.75 Å². The molecule has 3 aromatic rings. The Balaban J connectivity index is 1.72. The lowest BCUT2D eigenvalue weighted by molar-refractivity contribution is -0.139. The highest BCUT2D eigenvalue weighted by Gasteiger charge is 2.35. The van der Waals surface area contributed by atoms with Gasteiger partial charge in [0.05, 0.1) is 22.1 Å². The van der Waals surface area contributed by atoms with Crippen molar-refractivity contribution >= 4 is 40.9 Å². The van der Waals surface area contributed by atoms with E-state index in [1.807, 2.05) is 0 Å². The van der Waals surface area contributed by atoms with Gasteiger partial charge in [0.1, 0.15) is 17.4 Å². The highest BCUT2D eigenvalue weighted by atomic mass is 35.5. The number of fused-ring (bicyclic) bond motifs is 1. The number of carboxylic acid groups (broad SMARTS) is 1. The van der Waals surface area contributed by atoms with Crippen LogP contribution in [0.2, 0.25) is 5.02 Å². The van der Waals surface area contributed by atoms with Gasteiger partial charge in [-0.05, 0) is 36.4 Å². The first kappa shape index (κ1) is 22.9. The molecular weight excluding hydrogens is 474 g/mol. The molecule has 2 aromatic carbocycles. The molecule has 1 N–H and O–H groups in total. The molecule has 1 aliphatic rings. The van der Waals surface area contributed by atoms with Crippen LogP contribution in [-0.4, -0.2) is 40.0 Å². The summed E-state index contributed by atoms with van der Waals surface area (Å²) < 4.78 is 32.6. The Bertz CT molecular complexity index is 1250. The molecule has 0 aliphatic carbocycles. The summed E-state index contributed by atoms with van der Waals surface area (Å²) >= 11 is 7.59. The molecule has 0 radical (unpaired) electrons. The first-order valence-corrected chi connectivity index (χ1v) is 11.1. The van der Waals surface area contributed by atoms with Crippen molar-refractivity contribution in [2.75, 3.05) is 13.2 Å². The topological polar surface area (TPSA) is 79.7 Å². The van der Waals surface area contributed by atoms with Crippen molar-refractivity contribution in [3.63, 3.8) is 0 Å². The number of halogens is 3. The van der Waals surface area contributed by atoms with Crippen molar-refractivity contribution in [1.29, 1.82) is 0 Å². The van der Waals surface area contributed by atoms with Crippen LogP contribution < -0.4 is 4.74 Å². The number of hydrogen-bond acceptors (Lipinski definition) is 5. The number of nitrogens with zero attached hydrogens (tertiary/aromatic N) is 2. The Morgan fingerprint density at radius 2 is 2.09 bits per heavy atom. The first-order chi connectivity index (χ1) is 15.8. The van der Waals surface area contributed by atoms with Gasteiger partial charge in [-0.3, -0.25) is 4.79 Å². The van der Waals surface area contributed by atoms with Crippen molar-refractivity contribution in [3.05, 3.63) is 86.3 Å². The fourth-order valence-corrected chi connectivity index (χ4v) is 4.78. The van der Waals surface area contributed by atoms with Gasteiger partial charge in [-0.1, -0.05) is 11.6 Å². The Morgan fingerprint density at radius 3 is 2.85 bits per heavy atom. The van der Waals surface area contributed by atoms with E-state index in [0.29, 0.717) is 23.6 Å². The lowest BCUT2D eigenvalue weighted by atomic mass is 9.96. The predicted octanol–water partition coefficient (Wildman–Crippen LogP) is 4.73. The standard InChI is InChI=1S/C23H17ClF2N2O4S/c24-14-3-5-19(32-11-21(30)31)16(9-14)22-23-18(27-12-33-23)7-8-28(22)20(29)6-2-13-1-4-15(25)10-17(13)26/h1-6,9-10,12,22H,7-8,11H2,(H,30,31). The number of benzene rings is 2. The number of ether oxygens (including phenoxy) is 1. The Morgan fingerprint density at radius 1 is 1.27 bits per heavy atom. The van der Waals surface area contributed by atoms with Crippen LogP contribution in [0.1, 0.15) is 27.7 Å². The smallest absolute Gasteiger partial charge is 0.341 e. The number of amides is 1. The Labute approximate surface area is 196 Å². The first-order valence-electron chi connectivity index (χ1n) is 9.83. The fraction of sp³-hybridized carbons (Fsp3) is 0.174. The van der Waals surface area contributed by atoms with E-state index < -0.39 is 36.2 Å². The van der Waals surface area contributed by atoms with E-state index >= 15 is 0 Å². The zero-order valence-corrected chi connectivity index (χ0v) is 18.6. The SMILES string of the molecule is O=C(O)COc1ccc(Cl)cc1C1c2scnc2CCN1C(=O)C=Cc1ccc(F)cc1F. The van der Waals surface area contributed by atoms with Crippen molar-refractivity contribution < 1.29 is 28.2 Å². The number of carbonyl (C=O) groups is 2.